The van der Waals surface area contributed by atoms with Crippen molar-refractivity contribution in [3.8, 4) is 0 Å². The molecule has 4 rings (SSSR count). The molecule has 1 amide bonds. The molecule has 3 aromatic carbocycles. The molecule has 0 N–H and O–H groups in total. The van der Waals surface area contributed by atoms with Gasteiger partial charge in [-0.3, -0.25) is 9.69 Å². The molecular weight excluding hydrogens is 440 g/mol. The molecule has 0 fully saturated rings. The molecular formula is C25H24N2O3S2. The number of nitrogens with zero attached hydrogens (tertiary/aromatic N) is 2. The zero-order chi connectivity index (χ0) is 22.9. The molecule has 1 heterocycles. The van der Waals surface area contributed by atoms with Crippen LogP contribution in [0.3, 0.4) is 0 Å². The van der Waals surface area contributed by atoms with E-state index in [0.29, 0.717) is 17.2 Å². The quantitative estimate of drug-likeness (QED) is 0.375. The standard InChI is InChI=1S/C25H24N2O3S2/c1-4-32(29,30)21-14-12-20(13-15-21)24(28)27(16-19-8-6-5-7-9-19)25-26-22-17(2)10-11-18(3)23(22)31-25/h5-15H,4,16H2,1-3H3. The highest BCUT2D eigenvalue weighted by Crippen LogP contribution is 2.34. The number of thiazole rings is 1. The smallest absolute Gasteiger partial charge is 0.260 e. The Bertz CT molecular complexity index is 1340. The van der Waals surface area contributed by atoms with E-state index in [0.717, 1.165) is 26.9 Å². The van der Waals surface area contributed by atoms with Gasteiger partial charge in [0.1, 0.15) is 0 Å². The number of amides is 1. The zero-order valence-electron chi connectivity index (χ0n) is 18.2. The second-order valence-corrected chi connectivity index (χ2v) is 10.9. The van der Waals surface area contributed by atoms with E-state index in [9.17, 15) is 13.2 Å². The Morgan fingerprint density at radius 2 is 1.59 bits per heavy atom. The fraction of sp³-hybridized carbons (Fsp3) is 0.200. The van der Waals surface area contributed by atoms with E-state index >= 15 is 0 Å². The average molecular weight is 465 g/mol. The van der Waals surface area contributed by atoms with Gasteiger partial charge >= 0.3 is 0 Å². The van der Waals surface area contributed by atoms with Crippen molar-refractivity contribution >= 4 is 42.4 Å². The molecule has 7 heteroatoms. The number of sulfone groups is 1. The topological polar surface area (TPSA) is 67.3 Å². The maximum atomic E-state index is 13.6. The molecule has 0 saturated heterocycles. The van der Waals surface area contributed by atoms with Gasteiger partial charge in [-0.25, -0.2) is 13.4 Å². The fourth-order valence-electron chi connectivity index (χ4n) is 3.48. The number of aryl methyl sites for hydroxylation is 2. The van der Waals surface area contributed by atoms with Crippen LogP contribution in [-0.4, -0.2) is 25.1 Å². The van der Waals surface area contributed by atoms with E-state index in [1.807, 2.05) is 50.2 Å². The first-order chi connectivity index (χ1) is 15.3. The first-order valence-corrected chi connectivity index (χ1v) is 12.8. The van der Waals surface area contributed by atoms with Crippen molar-refractivity contribution in [1.82, 2.24) is 4.98 Å². The van der Waals surface area contributed by atoms with Crippen molar-refractivity contribution in [3.05, 3.63) is 89.0 Å². The lowest BCUT2D eigenvalue weighted by molar-refractivity contribution is 0.0985. The summed E-state index contributed by atoms with van der Waals surface area (Å²) in [6.45, 7) is 6.03. The van der Waals surface area contributed by atoms with Crippen LogP contribution >= 0.6 is 11.3 Å². The van der Waals surface area contributed by atoms with Gasteiger partial charge in [-0.2, -0.15) is 0 Å². The maximum Gasteiger partial charge on any atom is 0.260 e. The number of hydrogen-bond donors (Lipinski definition) is 0. The Morgan fingerprint density at radius 1 is 0.938 bits per heavy atom. The molecule has 32 heavy (non-hydrogen) atoms. The molecule has 0 saturated carbocycles. The van der Waals surface area contributed by atoms with Gasteiger partial charge in [0.25, 0.3) is 5.91 Å². The lowest BCUT2D eigenvalue weighted by atomic mass is 10.1. The first kappa shape index (κ1) is 22.2. The highest BCUT2D eigenvalue weighted by molar-refractivity contribution is 7.91. The number of hydrogen-bond acceptors (Lipinski definition) is 5. The van der Waals surface area contributed by atoms with Gasteiger partial charge < -0.3 is 0 Å². The van der Waals surface area contributed by atoms with Crippen molar-refractivity contribution in [1.29, 1.82) is 0 Å². The van der Waals surface area contributed by atoms with E-state index in [2.05, 4.69) is 6.07 Å². The lowest BCUT2D eigenvalue weighted by Crippen LogP contribution is -2.30. The Balaban J connectivity index is 1.77. The summed E-state index contributed by atoms with van der Waals surface area (Å²) in [5, 5.41) is 0.622. The average Bonchev–Trinajstić information content (AvgIpc) is 3.27. The van der Waals surface area contributed by atoms with Crippen LogP contribution in [0.2, 0.25) is 0 Å². The van der Waals surface area contributed by atoms with Gasteiger partial charge in [-0.15, -0.1) is 0 Å². The number of anilines is 1. The molecule has 1 aromatic heterocycles. The summed E-state index contributed by atoms with van der Waals surface area (Å²) in [4.78, 5) is 20.3. The van der Waals surface area contributed by atoms with Crippen molar-refractivity contribution < 1.29 is 13.2 Å². The molecule has 0 aliphatic rings. The molecule has 5 nitrogen and oxygen atoms in total. The van der Waals surface area contributed by atoms with Crippen molar-refractivity contribution in [2.75, 3.05) is 10.7 Å². The first-order valence-electron chi connectivity index (χ1n) is 10.4. The summed E-state index contributed by atoms with van der Waals surface area (Å²) in [6.07, 6.45) is 0. The van der Waals surface area contributed by atoms with Crippen LogP contribution in [0.25, 0.3) is 10.2 Å². The monoisotopic (exact) mass is 464 g/mol. The van der Waals surface area contributed by atoms with Gasteiger partial charge in [0.2, 0.25) is 0 Å². The van der Waals surface area contributed by atoms with E-state index in [-0.39, 0.29) is 16.6 Å². The summed E-state index contributed by atoms with van der Waals surface area (Å²) < 4.78 is 25.3. The summed E-state index contributed by atoms with van der Waals surface area (Å²) >= 11 is 1.50. The SMILES string of the molecule is CCS(=O)(=O)c1ccc(C(=O)N(Cc2ccccc2)c2nc3c(C)ccc(C)c3s2)cc1. The van der Waals surface area contributed by atoms with Crippen molar-refractivity contribution in [2.45, 2.75) is 32.2 Å². The predicted molar refractivity (Wildman–Crippen MR) is 130 cm³/mol. The molecule has 0 unspecified atom stereocenters. The third kappa shape index (κ3) is 4.31. The molecule has 0 aliphatic heterocycles. The second kappa shape index (κ2) is 8.84. The summed E-state index contributed by atoms with van der Waals surface area (Å²) in [5.41, 5.74) is 4.49. The predicted octanol–water partition coefficient (Wildman–Crippen LogP) is 5.55. The highest BCUT2D eigenvalue weighted by Gasteiger charge is 2.23. The normalized spacial score (nSPS) is 11.6. The lowest BCUT2D eigenvalue weighted by Gasteiger charge is -2.20. The Hall–Kier alpha value is -3.03. The van der Waals surface area contributed by atoms with E-state index in [1.165, 1.54) is 23.5 Å². The molecule has 0 radical (unpaired) electrons. The van der Waals surface area contributed by atoms with Crippen LogP contribution in [-0.2, 0) is 16.4 Å². The zero-order valence-corrected chi connectivity index (χ0v) is 19.8. The fourth-order valence-corrected chi connectivity index (χ4v) is 5.48. The van der Waals surface area contributed by atoms with Crippen molar-refractivity contribution in [2.24, 2.45) is 0 Å². The number of rotatable bonds is 6. The minimum atomic E-state index is -3.32. The molecule has 0 aliphatic carbocycles. The summed E-state index contributed by atoms with van der Waals surface area (Å²) in [6, 6.07) is 20.0. The minimum absolute atomic E-state index is 0.0187. The second-order valence-electron chi connectivity index (χ2n) is 7.68. The van der Waals surface area contributed by atoms with E-state index in [4.69, 9.17) is 4.98 Å². The number of aromatic nitrogens is 1. The van der Waals surface area contributed by atoms with Crippen molar-refractivity contribution in [3.63, 3.8) is 0 Å². The Labute approximate surface area is 192 Å². The third-order valence-corrected chi connectivity index (χ3v) is 8.40. The van der Waals surface area contributed by atoms with Gasteiger partial charge in [0.05, 0.1) is 27.4 Å². The van der Waals surface area contributed by atoms with E-state index < -0.39 is 9.84 Å². The number of carbonyl (C=O) groups is 1. The van der Waals surface area contributed by atoms with Crippen LogP contribution in [0.5, 0.6) is 0 Å². The number of carbonyl (C=O) groups excluding carboxylic acids is 1. The molecule has 0 spiro atoms. The molecule has 164 valence electrons. The van der Waals surface area contributed by atoms with Gasteiger partial charge in [0.15, 0.2) is 15.0 Å². The van der Waals surface area contributed by atoms with Crippen LogP contribution in [0, 0.1) is 13.8 Å². The molecule has 0 bridgehead atoms. The van der Waals surface area contributed by atoms with Gasteiger partial charge in [0, 0.05) is 5.56 Å². The van der Waals surface area contributed by atoms with Crippen LogP contribution in [0.15, 0.2) is 71.6 Å². The highest BCUT2D eigenvalue weighted by atomic mass is 32.2. The van der Waals surface area contributed by atoms with Crippen LogP contribution in [0.1, 0.15) is 34.0 Å². The third-order valence-electron chi connectivity index (χ3n) is 5.43. The van der Waals surface area contributed by atoms with Gasteiger partial charge in [-0.05, 0) is 54.8 Å². The summed E-state index contributed by atoms with van der Waals surface area (Å²) in [5.74, 6) is -0.200. The van der Waals surface area contributed by atoms with Crippen LogP contribution < -0.4 is 4.90 Å². The summed E-state index contributed by atoms with van der Waals surface area (Å²) in [7, 11) is -3.32. The Morgan fingerprint density at radius 3 is 2.22 bits per heavy atom. The largest absolute Gasteiger partial charge is 0.279 e. The number of fused-ring (bicyclic) bond motifs is 1. The minimum Gasteiger partial charge on any atom is -0.279 e. The molecule has 0 atom stereocenters. The molecule has 4 aromatic rings. The van der Waals surface area contributed by atoms with Crippen LogP contribution in [0.4, 0.5) is 5.13 Å². The maximum absolute atomic E-state index is 13.6. The van der Waals surface area contributed by atoms with Gasteiger partial charge in [-0.1, -0.05) is 60.7 Å². The Kier molecular flexibility index (Phi) is 6.13. The number of benzene rings is 3. The van der Waals surface area contributed by atoms with E-state index in [1.54, 1.807) is 24.0 Å².